The van der Waals surface area contributed by atoms with Crippen LogP contribution in [-0.2, 0) is 19.1 Å². The van der Waals surface area contributed by atoms with Gasteiger partial charge in [0.2, 0.25) is 11.6 Å². The average Bonchev–Trinajstić information content (AvgIpc) is 2.91. The van der Waals surface area contributed by atoms with Crippen molar-refractivity contribution in [3.8, 4) is 0 Å². The fourth-order valence-electron chi connectivity index (χ4n) is 3.74. The SMILES string of the molecule is CC(C)C1C2CCC1(C(=O)OCC(O)CO)C(=O)C2=O. The van der Waals surface area contributed by atoms with Crippen LogP contribution in [0, 0.1) is 23.2 Å². The van der Waals surface area contributed by atoms with E-state index >= 15 is 0 Å². The second kappa shape index (κ2) is 5.26. The minimum Gasteiger partial charge on any atom is -0.462 e. The number of esters is 1. The summed E-state index contributed by atoms with van der Waals surface area (Å²) < 4.78 is 4.98. The summed E-state index contributed by atoms with van der Waals surface area (Å²) in [5.41, 5.74) is -1.37. The predicted molar refractivity (Wildman–Crippen MR) is 67.6 cm³/mol. The Labute approximate surface area is 117 Å². The Morgan fingerprint density at radius 2 is 2.10 bits per heavy atom. The van der Waals surface area contributed by atoms with Crippen LogP contribution < -0.4 is 0 Å². The molecular weight excluding hydrogens is 264 g/mol. The lowest BCUT2D eigenvalue weighted by Crippen LogP contribution is -2.44. The Balaban J connectivity index is 2.24. The molecule has 0 spiro atoms. The number of carbonyl (C=O) groups excluding carboxylic acids is 3. The maximum atomic E-state index is 12.3. The lowest BCUT2D eigenvalue weighted by molar-refractivity contribution is -0.166. The average molecular weight is 284 g/mol. The zero-order valence-corrected chi connectivity index (χ0v) is 11.7. The Kier molecular flexibility index (Phi) is 3.97. The van der Waals surface area contributed by atoms with Gasteiger partial charge in [0, 0.05) is 5.92 Å². The van der Waals surface area contributed by atoms with Gasteiger partial charge in [-0.1, -0.05) is 13.8 Å². The number of ketones is 2. The normalized spacial score (nSPS) is 33.9. The molecule has 20 heavy (non-hydrogen) atoms. The van der Waals surface area contributed by atoms with Crippen molar-refractivity contribution >= 4 is 17.5 Å². The number of Topliss-reactive ketones (excluding diaryl/α,β-unsaturated/α-hetero) is 2. The first-order valence-corrected chi connectivity index (χ1v) is 6.91. The predicted octanol–water partition coefficient (Wildman–Crippen LogP) is -0.297. The summed E-state index contributed by atoms with van der Waals surface area (Å²) in [7, 11) is 0. The van der Waals surface area contributed by atoms with Gasteiger partial charge >= 0.3 is 5.97 Å². The molecule has 2 fully saturated rings. The molecule has 4 atom stereocenters. The third-order valence-electron chi connectivity index (χ3n) is 4.52. The van der Waals surface area contributed by atoms with Gasteiger partial charge in [0.15, 0.2) is 0 Å². The van der Waals surface area contributed by atoms with Gasteiger partial charge in [0.1, 0.15) is 18.1 Å². The van der Waals surface area contributed by atoms with E-state index < -0.39 is 35.7 Å². The van der Waals surface area contributed by atoms with E-state index in [0.29, 0.717) is 12.8 Å². The van der Waals surface area contributed by atoms with E-state index in [1.54, 1.807) is 0 Å². The molecule has 0 aromatic carbocycles. The summed E-state index contributed by atoms with van der Waals surface area (Å²) in [6.45, 7) is 2.89. The zero-order chi connectivity index (χ0) is 15.1. The van der Waals surface area contributed by atoms with Gasteiger partial charge in [-0.05, 0) is 24.7 Å². The molecule has 0 saturated heterocycles. The van der Waals surface area contributed by atoms with Gasteiger partial charge in [-0.25, -0.2) is 0 Å². The van der Waals surface area contributed by atoms with Crippen LogP contribution in [0.25, 0.3) is 0 Å². The minimum absolute atomic E-state index is 0.0215. The number of hydrogen-bond donors (Lipinski definition) is 2. The molecule has 2 aliphatic rings. The van der Waals surface area contributed by atoms with Crippen molar-refractivity contribution in [2.45, 2.75) is 32.8 Å². The third kappa shape index (κ3) is 1.98. The Morgan fingerprint density at radius 1 is 1.45 bits per heavy atom. The largest absolute Gasteiger partial charge is 0.462 e. The zero-order valence-electron chi connectivity index (χ0n) is 11.7. The molecule has 6 nitrogen and oxygen atoms in total. The van der Waals surface area contributed by atoms with Gasteiger partial charge in [0.25, 0.3) is 0 Å². The fourth-order valence-corrected chi connectivity index (χ4v) is 3.74. The maximum Gasteiger partial charge on any atom is 0.320 e. The van der Waals surface area contributed by atoms with E-state index in [4.69, 9.17) is 9.84 Å². The van der Waals surface area contributed by atoms with E-state index in [9.17, 15) is 19.5 Å². The van der Waals surface area contributed by atoms with Crippen LogP contribution in [0.2, 0.25) is 0 Å². The third-order valence-corrected chi connectivity index (χ3v) is 4.52. The molecule has 6 heteroatoms. The van der Waals surface area contributed by atoms with Gasteiger partial charge in [-0.15, -0.1) is 0 Å². The van der Waals surface area contributed by atoms with E-state index in [2.05, 4.69) is 0 Å². The quantitative estimate of drug-likeness (QED) is 0.408. The van der Waals surface area contributed by atoms with Crippen LogP contribution in [0.3, 0.4) is 0 Å². The lowest BCUT2D eigenvalue weighted by atomic mass is 9.73. The van der Waals surface area contributed by atoms with Crippen LogP contribution in [0.4, 0.5) is 0 Å². The molecule has 4 unspecified atom stereocenters. The highest BCUT2D eigenvalue weighted by molar-refractivity contribution is 6.46. The molecule has 0 amide bonds. The van der Waals surface area contributed by atoms with Crippen LogP contribution in [-0.4, -0.2) is 47.1 Å². The van der Waals surface area contributed by atoms with Crippen molar-refractivity contribution in [2.75, 3.05) is 13.2 Å². The smallest absolute Gasteiger partial charge is 0.320 e. The van der Waals surface area contributed by atoms with E-state index in [1.807, 2.05) is 13.8 Å². The highest BCUT2D eigenvalue weighted by Crippen LogP contribution is 2.57. The highest BCUT2D eigenvalue weighted by atomic mass is 16.5. The van der Waals surface area contributed by atoms with E-state index in [-0.39, 0.29) is 24.4 Å². The van der Waals surface area contributed by atoms with Crippen molar-refractivity contribution in [1.29, 1.82) is 0 Å². The van der Waals surface area contributed by atoms with Gasteiger partial charge in [0.05, 0.1) is 6.61 Å². The number of rotatable bonds is 5. The molecule has 0 aliphatic heterocycles. The first kappa shape index (κ1) is 15.1. The standard InChI is InChI=1S/C14H20O6/c1-7(2)10-9-3-4-14(10,12(18)11(9)17)13(19)20-6-8(16)5-15/h7-10,15-16H,3-6H2,1-2H3. The number of aliphatic hydroxyl groups excluding tert-OH is 2. The monoisotopic (exact) mass is 284 g/mol. The van der Waals surface area contributed by atoms with Crippen LogP contribution in [0.1, 0.15) is 26.7 Å². The van der Waals surface area contributed by atoms with Crippen molar-refractivity contribution in [1.82, 2.24) is 0 Å². The Hall–Kier alpha value is -1.27. The summed E-state index contributed by atoms with van der Waals surface area (Å²) >= 11 is 0. The molecule has 2 N–H and O–H groups in total. The molecule has 112 valence electrons. The van der Waals surface area contributed by atoms with Gasteiger partial charge in [-0.2, -0.15) is 0 Å². The molecule has 2 aliphatic carbocycles. The first-order chi connectivity index (χ1) is 9.36. The van der Waals surface area contributed by atoms with E-state index in [1.165, 1.54) is 0 Å². The van der Waals surface area contributed by atoms with Crippen molar-refractivity contribution in [3.63, 3.8) is 0 Å². The molecule has 2 rings (SSSR count). The number of hydrogen-bond acceptors (Lipinski definition) is 6. The molecule has 0 heterocycles. The molecule has 2 saturated carbocycles. The van der Waals surface area contributed by atoms with Crippen LogP contribution in [0.15, 0.2) is 0 Å². The van der Waals surface area contributed by atoms with Gasteiger partial charge < -0.3 is 14.9 Å². The summed E-state index contributed by atoms with van der Waals surface area (Å²) in [5.74, 6) is -2.51. The fraction of sp³-hybridized carbons (Fsp3) is 0.786. The molecular formula is C14H20O6. The van der Waals surface area contributed by atoms with Crippen LogP contribution >= 0.6 is 0 Å². The number of aliphatic hydroxyl groups is 2. The first-order valence-electron chi connectivity index (χ1n) is 6.91. The maximum absolute atomic E-state index is 12.3. The summed E-state index contributed by atoms with van der Waals surface area (Å²) in [6, 6.07) is 0. The number of fused-ring (bicyclic) bond motifs is 2. The Bertz CT molecular complexity index is 443. The number of ether oxygens (including phenoxy) is 1. The second-order valence-corrected chi connectivity index (χ2v) is 6.01. The summed E-state index contributed by atoms with van der Waals surface area (Å²) in [4.78, 5) is 36.5. The molecule has 2 bridgehead atoms. The van der Waals surface area contributed by atoms with Crippen molar-refractivity contribution in [2.24, 2.45) is 23.2 Å². The second-order valence-electron chi connectivity index (χ2n) is 6.01. The van der Waals surface area contributed by atoms with Crippen molar-refractivity contribution < 1.29 is 29.3 Å². The molecule has 0 aromatic heterocycles. The van der Waals surface area contributed by atoms with Crippen LogP contribution in [0.5, 0.6) is 0 Å². The van der Waals surface area contributed by atoms with Gasteiger partial charge in [-0.3, -0.25) is 14.4 Å². The number of carbonyl (C=O) groups is 3. The lowest BCUT2D eigenvalue weighted by Gasteiger charge is -2.29. The van der Waals surface area contributed by atoms with E-state index in [0.717, 1.165) is 0 Å². The minimum atomic E-state index is -1.37. The molecule has 0 aromatic rings. The Morgan fingerprint density at radius 3 is 2.65 bits per heavy atom. The highest BCUT2D eigenvalue weighted by Gasteiger charge is 2.69. The summed E-state index contributed by atoms with van der Waals surface area (Å²) in [5, 5.41) is 17.9. The topological polar surface area (TPSA) is 101 Å². The summed E-state index contributed by atoms with van der Waals surface area (Å²) in [6.07, 6.45) is -0.304. The molecule has 0 radical (unpaired) electrons. The van der Waals surface area contributed by atoms with Crippen molar-refractivity contribution in [3.05, 3.63) is 0 Å².